The van der Waals surface area contributed by atoms with Crippen molar-refractivity contribution < 1.29 is 19.1 Å². The third kappa shape index (κ3) is 5.49. The highest BCUT2D eigenvalue weighted by Crippen LogP contribution is 2.27. The normalized spacial score (nSPS) is 9.77. The first-order chi connectivity index (χ1) is 10.3. The Morgan fingerprint density at radius 1 is 1.36 bits per heavy atom. The van der Waals surface area contributed by atoms with Crippen LogP contribution >= 0.6 is 11.6 Å². The van der Waals surface area contributed by atoms with Crippen molar-refractivity contribution in [2.75, 3.05) is 32.6 Å². The number of carbonyl (C=O) groups is 3. The van der Waals surface area contributed by atoms with E-state index >= 15 is 0 Å². The number of benzene rings is 1. The lowest BCUT2D eigenvalue weighted by molar-refractivity contribution is -0.132. The highest BCUT2D eigenvalue weighted by Gasteiger charge is 2.15. The van der Waals surface area contributed by atoms with Gasteiger partial charge in [-0.3, -0.25) is 9.59 Å². The summed E-state index contributed by atoms with van der Waals surface area (Å²) in [4.78, 5) is 35.3. The summed E-state index contributed by atoms with van der Waals surface area (Å²) in [5, 5.41) is 5.19. The number of likely N-dealkylation sites (N-methyl/N-ethyl adjacent to an activating group) is 1. The number of amides is 4. The van der Waals surface area contributed by atoms with Crippen LogP contribution < -0.4 is 21.1 Å². The Bertz CT molecular complexity index is 579. The highest BCUT2D eigenvalue weighted by atomic mass is 35.5. The zero-order chi connectivity index (χ0) is 16.7. The molecule has 1 aromatic carbocycles. The van der Waals surface area contributed by atoms with Gasteiger partial charge in [-0.2, -0.15) is 0 Å². The number of rotatable bonds is 6. The minimum Gasteiger partial charge on any atom is -0.495 e. The van der Waals surface area contributed by atoms with Gasteiger partial charge in [0.05, 0.1) is 25.9 Å². The molecule has 0 aromatic heterocycles. The second-order valence-electron chi connectivity index (χ2n) is 4.36. The number of nitrogens with zero attached hydrogens (tertiary/aromatic N) is 1. The van der Waals surface area contributed by atoms with Crippen LogP contribution in [0, 0.1) is 0 Å². The number of primary amides is 1. The number of carbonyl (C=O) groups excluding carboxylic acids is 3. The first kappa shape index (κ1) is 17.6. The molecule has 0 atom stereocenters. The molecule has 4 amide bonds. The highest BCUT2D eigenvalue weighted by molar-refractivity contribution is 6.31. The number of hydrogen-bond donors (Lipinski definition) is 3. The van der Waals surface area contributed by atoms with Crippen LogP contribution in [0.3, 0.4) is 0 Å². The molecule has 22 heavy (non-hydrogen) atoms. The van der Waals surface area contributed by atoms with E-state index in [1.54, 1.807) is 12.1 Å². The van der Waals surface area contributed by atoms with Gasteiger partial charge in [0.2, 0.25) is 11.8 Å². The van der Waals surface area contributed by atoms with Crippen LogP contribution in [0.1, 0.15) is 0 Å². The van der Waals surface area contributed by atoms with Crippen molar-refractivity contribution >= 4 is 35.1 Å². The summed E-state index contributed by atoms with van der Waals surface area (Å²) in [5.41, 5.74) is 5.26. The maximum atomic E-state index is 11.9. The van der Waals surface area contributed by atoms with Crippen molar-refractivity contribution in [2.45, 2.75) is 0 Å². The molecule has 9 heteroatoms. The van der Waals surface area contributed by atoms with Crippen molar-refractivity contribution in [3.63, 3.8) is 0 Å². The molecule has 0 unspecified atom stereocenters. The quantitative estimate of drug-likeness (QED) is 0.702. The third-order valence-corrected chi connectivity index (χ3v) is 2.89. The van der Waals surface area contributed by atoms with Crippen LogP contribution in [0.4, 0.5) is 10.5 Å². The standard InChI is InChI=1S/C13H17ClN4O4/c1-18(12(20)6-16-13(15)21)7-11(19)17-9-5-8(14)3-4-10(9)22-2/h3-5H,6-7H2,1-2H3,(H,17,19)(H3,15,16,21). The van der Waals surface area contributed by atoms with Gasteiger partial charge >= 0.3 is 6.03 Å². The van der Waals surface area contributed by atoms with Crippen molar-refractivity contribution in [2.24, 2.45) is 5.73 Å². The maximum absolute atomic E-state index is 11.9. The van der Waals surface area contributed by atoms with E-state index < -0.39 is 17.8 Å². The number of hydrogen-bond acceptors (Lipinski definition) is 4. The fourth-order valence-corrected chi connectivity index (χ4v) is 1.74. The second kappa shape index (κ2) is 8.08. The Kier molecular flexibility index (Phi) is 6.46. The lowest BCUT2D eigenvalue weighted by atomic mass is 10.3. The summed E-state index contributed by atoms with van der Waals surface area (Å²) < 4.78 is 5.10. The molecule has 0 saturated heterocycles. The minimum atomic E-state index is -0.810. The molecule has 0 radical (unpaired) electrons. The van der Waals surface area contributed by atoms with E-state index in [0.29, 0.717) is 16.5 Å². The number of ether oxygens (including phenoxy) is 1. The zero-order valence-corrected chi connectivity index (χ0v) is 12.9. The number of nitrogens with one attached hydrogen (secondary N) is 2. The minimum absolute atomic E-state index is 0.199. The lowest BCUT2D eigenvalue weighted by Gasteiger charge is -2.17. The van der Waals surface area contributed by atoms with Crippen LogP contribution in [0.25, 0.3) is 0 Å². The van der Waals surface area contributed by atoms with E-state index in [4.69, 9.17) is 22.1 Å². The molecule has 1 rings (SSSR count). The SMILES string of the molecule is COc1ccc(Cl)cc1NC(=O)CN(C)C(=O)CNC(N)=O. The van der Waals surface area contributed by atoms with Crippen molar-refractivity contribution in [1.82, 2.24) is 10.2 Å². The summed E-state index contributed by atoms with van der Waals surface area (Å²) in [7, 11) is 2.89. The zero-order valence-electron chi connectivity index (χ0n) is 12.2. The van der Waals surface area contributed by atoms with Crippen LogP contribution in [0.15, 0.2) is 18.2 Å². The number of urea groups is 1. The fraction of sp³-hybridized carbons (Fsp3) is 0.308. The topological polar surface area (TPSA) is 114 Å². The van der Waals surface area contributed by atoms with E-state index in [0.717, 1.165) is 4.90 Å². The number of anilines is 1. The van der Waals surface area contributed by atoms with Gasteiger partial charge in [-0.15, -0.1) is 0 Å². The molecule has 1 aromatic rings. The monoisotopic (exact) mass is 328 g/mol. The first-order valence-corrected chi connectivity index (χ1v) is 6.62. The molecule has 0 aliphatic rings. The second-order valence-corrected chi connectivity index (χ2v) is 4.80. The van der Waals surface area contributed by atoms with Crippen molar-refractivity contribution in [1.29, 1.82) is 0 Å². The third-order valence-electron chi connectivity index (χ3n) is 2.66. The molecule has 0 fully saturated rings. The van der Waals surface area contributed by atoms with E-state index in [9.17, 15) is 14.4 Å². The molecule has 120 valence electrons. The molecule has 0 spiro atoms. The van der Waals surface area contributed by atoms with E-state index in [1.807, 2.05) is 0 Å². The van der Waals surface area contributed by atoms with Crippen LogP contribution in [-0.2, 0) is 9.59 Å². The van der Waals surface area contributed by atoms with Crippen molar-refractivity contribution in [3.8, 4) is 5.75 Å². The maximum Gasteiger partial charge on any atom is 0.312 e. The Morgan fingerprint density at radius 3 is 2.64 bits per heavy atom. The van der Waals surface area contributed by atoms with Gasteiger partial charge in [-0.1, -0.05) is 11.6 Å². The molecular formula is C13H17ClN4O4. The predicted molar refractivity (Wildman–Crippen MR) is 81.9 cm³/mol. The Labute approximate surface area is 132 Å². The van der Waals surface area contributed by atoms with Crippen LogP contribution in [0.2, 0.25) is 5.02 Å². The first-order valence-electron chi connectivity index (χ1n) is 6.24. The van der Waals surface area contributed by atoms with Crippen molar-refractivity contribution in [3.05, 3.63) is 23.2 Å². The summed E-state index contributed by atoms with van der Waals surface area (Å²) in [6.45, 7) is -0.478. The Morgan fingerprint density at radius 2 is 2.05 bits per heavy atom. The van der Waals surface area contributed by atoms with Gasteiger partial charge in [0.25, 0.3) is 0 Å². The molecule has 0 aliphatic heterocycles. The van der Waals surface area contributed by atoms with Gasteiger partial charge in [0.15, 0.2) is 0 Å². The number of halogens is 1. The van der Waals surface area contributed by atoms with Gasteiger partial charge in [0.1, 0.15) is 5.75 Å². The average molecular weight is 329 g/mol. The number of methoxy groups -OCH3 is 1. The molecule has 4 N–H and O–H groups in total. The molecule has 8 nitrogen and oxygen atoms in total. The molecule has 0 saturated carbocycles. The summed E-state index contributed by atoms with van der Waals surface area (Å²) in [5.74, 6) is -0.440. The predicted octanol–water partition coefficient (Wildman–Crippen LogP) is 0.414. The summed E-state index contributed by atoms with van der Waals surface area (Å²) in [6.07, 6.45) is 0. The molecule has 0 aliphatic carbocycles. The number of nitrogens with two attached hydrogens (primary N) is 1. The summed E-state index contributed by atoms with van der Waals surface area (Å²) >= 11 is 5.86. The molecule has 0 bridgehead atoms. The molecular weight excluding hydrogens is 312 g/mol. The lowest BCUT2D eigenvalue weighted by Crippen LogP contribution is -2.42. The van der Waals surface area contributed by atoms with Gasteiger partial charge in [-0.25, -0.2) is 4.79 Å². The Hall–Kier alpha value is -2.48. The smallest absolute Gasteiger partial charge is 0.312 e. The van der Waals surface area contributed by atoms with Crippen LogP contribution in [-0.4, -0.2) is 50.0 Å². The van der Waals surface area contributed by atoms with Gasteiger partial charge in [0, 0.05) is 12.1 Å². The average Bonchev–Trinajstić information content (AvgIpc) is 2.44. The van der Waals surface area contributed by atoms with Gasteiger partial charge < -0.3 is 26.0 Å². The molecule has 0 heterocycles. The summed E-state index contributed by atoms with van der Waals surface area (Å²) in [6, 6.07) is 3.97. The Balaban J connectivity index is 2.61. The largest absolute Gasteiger partial charge is 0.495 e. The van der Waals surface area contributed by atoms with E-state index in [-0.39, 0.29) is 13.1 Å². The van der Waals surface area contributed by atoms with E-state index in [2.05, 4.69) is 10.6 Å². The fourth-order valence-electron chi connectivity index (χ4n) is 1.57. The van der Waals surface area contributed by atoms with E-state index in [1.165, 1.54) is 20.2 Å². The van der Waals surface area contributed by atoms with Gasteiger partial charge in [-0.05, 0) is 18.2 Å². The van der Waals surface area contributed by atoms with Crippen LogP contribution in [0.5, 0.6) is 5.75 Å².